The van der Waals surface area contributed by atoms with Crippen LogP contribution in [0, 0.1) is 6.92 Å². The van der Waals surface area contributed by atoms with Crippen LogP contribution in [0.15, 0.2) is 42.5 Å². The lowest BCUT2D eigenvalue weighted by molar-refractivity contribution is 0.172. The topological polar surface area (TPSA) is 42.4 Å². The second-order valence-corrected chi connectivity index (χ2v) is 4.31. The number of methoxy groups -OCH3 is 1. The molecule has 2 aromatic rings. The van der Waals surface area contributed by atoms with Crippen LogP contribution in [0.25, 0.3) is 0 Å². The number of aryl methyl sites for hydroxylation is 1. The first-order valence-electron chi connectivity index (χ1n) is 5.93. The van der Waals surface area contributed by atoms with Gasteiger partial charge < -0.3 is 9.84 Å². The standard InChI is InChI=1S/C15H17NO2/c1-11-6-8-12(9-7-11)10-14(17)13-4-3-5-15(16-13)18-2/h3-9,14,17H,10H2,1-2H3. The highest BCUT2D eigenvalue weighted by molar-refractivity contribution is 5.24. The Morgan fingerprint density at radius 2 is 1.89 bits per heavy atom. The van der Waals surface area contributed by atoms with Crippen LogP contribution in [0.3, 0.4) is 0 Å². The second-order valence-electron chi connectivity index (χ2n) is 4.31. The zero-order valence-corrected chi connectivity index (χ0v) is 10.6. The van der Waals surface area contributed by atoms with Gasteiger partial charge >= 0.3 is 0 Å². The fourth-order valence-electron chi connectivity index (χ4n) is 1.78. The van der Waals surface area contributed by atoms with E-state index < -0.39 is 6.10 Å². The SMILES string of the molecule is COc1cccc(C(O)Cc2ccc(C)cc2)n1. The quantitative estimate of drug-likeness (QED) is 0.897. The molecule has 0 spiro atoms. The van der Waals surface area contributed by atoms with Gasteiger partial charge in [0.1, 0.15) is 6.10 Å². The van der Waals surface area contributed by atoms with Gasteiger partial charge in [-0.2, -0.15) is 0 Å². The van der Waals surface area contributed by atoms with Crippen LogP contribution in [0.5, 0.6) is 5.88 Å². The molecular weight excluding hydrogens is 226 g/mol. The van der Waals surface area contributed by atoms with Crippen molar-refractivity contribution in [3.63, 3.8) is 0 Å². The first kappa shape index (κ1) is 12.6. The molecule has 1 aromatic heterocycles. The minimum absolute atomic E-state index is 0.524. The van der Waals surface area contributed by atoms with Crippen molar-refractivity contribution < 1.29 is 9.84 Å². The highest BCUT2D eigenvalue weighted by Gasteiger charge is 2.10. The lowest BCUT2D eigenvalue weighted by atomic mass is 10.0. The van der Waals surface area contributed by atoms with Crippen molar-refractivity contribution in [2.45, 2.75) is 19.4 Å². The Kier molecular flexibility index (Phi) is 3.95. The predicted octanol–water partition coefficient (Wildman–Crippen LogP) is 2.67. The molecule has 1 heterocycles. The first-order valence-corrected chi connectivity index (χ1v) is 5.93. The fraction of sp³-hybridized carbons (Fsp3) is 0.267. The van der Waals surface area contributed by atoms with Gasteiger partial charge in [0, 0.05) is 12.5 Å². The van der Waals surface area contributed by atoms with E-state index in [1.165, 1.54) is 5.56 Å². The molecule has 2 rings (SSSR count). The summed E-state index contributed by atoms with van der Waals surface area (Å²) in [6.45, 7) is 2.05. The largest absolute Gasteiger partial charge is 0.481 e. The van der Waals surface area contributed by atoms with Gasteiger partial charge in [0.05, 0.1) is 12.8 Å². The number of aromatic nitrogens is 1. The number of ether oxygens (including phenoxy) is 1. The summed E-state index contributed by atoms with van der Waals surface area (Å²) in [6.07, 6.45) is -0.0525. The van der Waals surface area contributed by atoms with Gasteiger partial charge in [-0.05, 0) is 18.6 Å². The van der Waals surface area contributed by atoms with Crippen LogP contribution in [-0.2, 0) is 6.42 Å². The molecule has 1 N–H and O–H groups in total. The molecule has 0 bridgehead atoms. The zero-order chi connectivity index (χ0) is 13.0. The van der Waals surface area contributed by atoms with Crippen molar-refractivity contribution in [3.8, 4) is 5.88 Å². The Labute approximate surface area is 107 Å². The Bertz CT molecular complexity index is 508. The van der Waals surface area contributed by atoms with E-state index >= 15 is 0 Å². The minimum Gasteiger partial charge on any atom is -0.481 e. The second kappa shape index (κ2) is 5.65. The summed E-state index contributed by atoms with van der Waals surface area (Å²) in [5.41, 5.74) is 2.94. The van der Waals surface area contributed by atoms with Crippen molar-refractivity contribution >= 4 is 0 Å². The Balaban J connectivity index is 2.11. The van der Waals surface area contributed by atoms with Crippen LogP contribution in [-0.4, -0.2) is 17.2 Å². The lowest BCUT2D eigenvalue weighted by Crippen LogP contribution is -2.04. The zero-order valence-electron chi connectivity index (χ0n) is 10.6. The third kappa shape index (κ3) is 3.08. The average molecular weight is 243 g/mol. The molecule has 3 nitrogen and oxygen atoms in total. The molecule has 94 valence electrons. The molecule has 18 heavy (non-hydrogen) atoms. The summed E-state index contributed by atoms with van der Waals surface area (Å²) in [5, 5.41) is 10.1. The number of hydrogen-bond donors (Lipinski definition) is 1. The molecule has 0 fully saturated rings. The van der Waals surface area contributed by atoms with Crippen molar-refractivity contribution in [1.82, 2.24) is 4.98 Å². The van der Waals surface area contributed by atoms with E-state index in [0.717, 1.165) is 5.56 Å². The molecule has 1 unspecified atom stereocenters. The molecule has 0 saturated heterocycles. The molecule has 0 aliphatic carbocycles. The molecule has 0 radical (unpaired) electrons. The lowest BCUT2D eigenvalue weighted by Gasteiger charge is -2.11. The summed E-state index contributed by atoms with van der Waals surface area (Å²) in [6, 6.07) is 13.5. The number of nitrogens with zero attached hydrogens (tertiary/aromatic N) is 1. The number of benzene rings is 1. The van der Waals surface area contributed by atoms with Gasteiger partial charge in [-0.25, -0.2) is 4.98 Å². The Morgan fingerprint density at radius 1 is 1.17 bits per heavy atom. The summed E-state index contributed by atoms with van der Waals surface area (Å²) >= 11 is 0. The summed E-state index contributed by atoms with van der Waals surface area (Å²) in [4.78, 5) is 4.23. The molecule has 0 aliphatic heterocycles. The van der Waals surface area contributed by atoms with Gasteiger partial charge in [-0.15, -0.1) is 0 Å². The van der Waals surface area contributed by atoms with Gasteiger partial charge in [0.2, 0.25) is 5.88 Å². The number of aliphatic hydroxyl groups excluding tert-OH is 1. The number of aliphatic hydroxyl groups is 1. The predicted molar refractivity (Wildman–Crippen MR) is 70.6 cm³/mol. The maximum Gasteiger partial charge on any atom is 0.213 e. The molecule has 1 atom stereocenters. The van der Waals surface area contributed by atoms with Crippen LogP contribution in [0.1, 0.15) is 22.9 Å². The van der Waals surface area contributed by atoms with Crippen LogP contribution in [0.4, 0.5) is 0 Å². The summed E-state index contributed by atoms with van der Waals surface area (Å²) < 4.78 is 5.05. The highest BCUT2D eigenvalue weighted by atomic mass is 16.5. The van der Waals surface area contributed by atoms with E-state index in [1.807, 2.05) is 37.3 Å². The van der Waals surface area contributed by atoms with Crippen LogP contribution >= 0.6 is 0 Å². The van der Waals surface area contributed by atoms with E-state index in [1.54, 1.807) is 19.2 Å². The Morgan fingerprint density at radius 3 is 2.56 bits per heavy atom. The van der Waals surface area contributed by atoms with Crippen LogP contribution in [0.2, 0.25) is 0 Å². The molecule has 0 saturated carbocycles. The van der Waals surface area contributed by atoms with Crippen LogP contribution < -0.4 is 4.74 Å². The van der Waals surface area contributed by atoms with Gasteiger partial charge in [0.25, 0.3) is 0 Å². The van der Waals surface area contributed by atoms with Crippen molar-refractivity contribution in [2.75, 3.05) is 7.11 Å². The van der Waals surface area contributed by atoms with E-state index in [4.69, 9.17) is 4.74 Å². The molecule has 1 aromatic carbocycles. The summed E-state index contributed by atoms with van der Waals surface area (Å²) in [7, 11) is 1.57. The third-order valence-electron chi connectivity index (χ3n) is 2.85. The van der Waals surface area contributed by atoms with Gasteiger partial charge in [0.15, 0.2) is 0 Å². The fourth-order valence-corrected chi connectivity index (χ4v) is 1.78. The molecule has 3 heteroatoms. The van der Waals surface area contributed by atoms with Crippen molar-refractivity contribution in [2.24, 2.45) is 0 Å². The van der Waals surface area contributed by atoms with Gasteiger partial charge in [-0.3, -0.25) is 0 Å². The van der Waals surface area contributed by atoms with E-state index in [-0.39, 0.29) is 0 Å². The van der Waals surface area contributed by atoms with E-state index in [0.29, 0.717) is 18.0 Å². The van der Waals surface area contributed by atoms with Crippen molar-refractivity contribution in [3.05, 3.63) is 59.3 Å². The molecule has 0 aliphatic rings. The molecular formula is C15H17NO2. The smallest absolute Gasteiger partial charge is 0.213 e. The normalized spacial score (nSPS) is 12.2. The van der Waals surface area contributed by atoms with E-state index in [9.17, 15) is 5.11 Å². The van der Waals surface area contributed by atoms with Crippen molar-refractivity contribution in [1.29, 1.82) is 0 Å². The summed E-state index contributed by atoms with van der Waals surface area (Å²) in [5.74, 6) is 0.524. The number of hydrogen-bond acceptors (Lipinski definition) is 3. The first-order chi connectivity index (χ1) is 8.69. The maximum atomic E-state index is 10.1. The maximum absolute atomic E-state index is 10.1. The average Bonchev–Trinajstić information content (AvgIpc) is 2.41. The monoisotopic (exact) mass is 243 g/mol. The minimum atomic E-state index is -0.609. The van der Waals surface area contributed by atoms with E-state index in [2.05, 4.69) is 4.98 Å². The number of rotatable bonds is 4. The highest BCUT2D eigenvalue weighted by Crippen LogP contribution is 2.19. The Hall–Kier alpha value is -1.87. The third-order valence-corrected chi connectivity index (χ3v) is 2.85. The number of pyridine rings is 1. The van der Waals surface area contributed by atoms with Gasteiger partial charge in [-0.1, -0.05) is 35.9 Å². The molecule has 0 amide bonds.